The van der Waals surface area contributed by atoms with Crippen LogP contribution in [0.4, 0.5) is 10.7 Å². The standard InChI is InChI=1S/C22H24N4O4S2/c1-12-9-13(2)26(25-12)11-15-7-6-8-16(10-15)23-22(31)24-19-17(20(27)29-4)14(3)18(32-19)21(28)30-5/h6-10H,11H2,1-5H3,(H2,23,24,31). The van der Waals surface area contributed by atoms with E-state index in [1.807, 2.05) is 48.9 Å². The topological polar surface area (TPSA) is 94.5 Å². The van der Waals surface area contributed by atoms with Crippen LogP contribution in [-0.2, 0) is 16.0 Å². The van der Waals surface area contributed by atoms with Crippen molar-refractivity contribution in [3.05, 3.63) is 63.3 Å². The largest absolute Gasteiger partial charge is 0.465 e. The summed E-state index contributed by atoms with van der Waals surface area (Å²) in [6, 6.07) is 9.84. The van der Waals surface area contributed by atoms with Gasteiger partial charge in [0.25, 0.3) is 0 Å². The van der Waals surface area contributed by atoms with Gasteiger partial charge >= 0.3 is 11.9 Å². The fourth-order valence-corrected chi connectivity index (χ4v) is 4.66. The lowest BCUT2D eigenvalue weighted by Gasteiger charge is -2.12. The summed E-state index contributed by atoms with van der Waals surface area (Å²) in [5.74, 6) is -1.09. The first-order valence-electron chi connectivity index (χ1n) is 9.71. The Balaban J connectivity index is 1.78. The third-order valence-corrected chi connectivity index (χ3v) is 6.15. The number of nitrogens with one attached hydrogen (secondary N) is 2. The van der Waals surface area contributed by atoms with Crippen molar-refractivity contribution in [2.45, 2.75) is 27.3 Å². The van der Waals surface area contributed by atoms with Crippen LogP contribution < -0.4 is 10.6 Å². The van der Waals surface area contributed by atoms with Gasteiger partial charge in [-0.15, -0.1) is 11.3 Å². The number of methoxy groups -OCH3 is 2. The number of carbonyl (C=O) groups is 2. The van der Waals surface area contributed by atoms with E-state index in [2.05, 4.69) is 15.7 Å². The van der Waals surface area contributed by atoms with Crippen molar-refractivity contribution in [2.75, 3.05) is 24.9 Å². The number of hydrogen-bond donors (Lipinski definition) is 2. The third-order valence-electron chi connectivity index (χ3n) is 4.75. The summed E-state index contributed by atoms with van der Waals surface area (Å²) in [5.41, 5.74) is 4.62. The smallest absolute Gasteiger partial charge is 0.348 e. The van der Waals surface area contributed by atoms with Crippen LogP contribution in [0.5, 0.6) is 0 Å². The summed E-state index contributed by atoms with van der Waals surface area (Å²) in [7, 11) is 2.57. The van der Waals surface area contributed by atoms with E-state index in [9.17, 15) is 9.59 Å². The van der Waals surface area contributed by atoms with E-state index in [1.165, 1.54) is 14.2 Å². The number of rotatable bonds is 6. The molecular formula is C22H24N4O4S2. The second-order valence-corrected chi connectivity index (χ2v) is 8.54. The van der Waals surface area contributed by atoms with E-state index in [1.54, 1.807) is 6.92 Å². The number of hydrogen-bond acceptors (Lipinski definition) is 7. The van der Waals surface area contributed by atoms with Crippen molar-refractivity contribution in [3.63, 3.8) is 0 Å². The van der Waals surface area contributed by atoms with Crippen LogP contribution in [0.15, 0.2) is 30.3 Å². The van der Waals surface area contributed by atoms with E-state index in [0.717, 1.165) is 34.0 Å². The van der Waals surface area contributed by atoms with Gasteiger partial charge in [0, 0.05) is 11.4 Å². The molecule has 0 aliphatic rings. The van der Waals surface area contributed by atoms with E-state index in [0.29, 0.717) is 22.0 Å². The normalized spacial score (nSPS) is 10.5. The first-order chi connectivity index (χ1) is 15.2. The highest BCUT2D eigenvalue weighted by Crippen LogP contribution is 2.34. The van der Waals surface area contributed by atoms with E-state index < -0.39 is 11.9 Å². The lowest BCUT2D eigenvalue weighted by atomic mass is 10.1. The quantitative estimate of drug-likeness (QED) is 0.405. The number of thiocarbonyl (C=S) groups is 1. The minimum Gasteiger partial charge on any atom is -0.465 e. The van der Waals surface area contributed by atoms with Gasteiger partial charge in [-0.25, -0.2) is 9.59 Å². The minimum absolute atomic E-state index is 0.250. The Kier molecular flexibility index (Phi) is 7.26. The summed E-state index contributed by atoms with van der Waals surface area (Å²) >= 11 is 6.53. The Bertz CT molecular complexity index is 1180. The predicted molar refractivity (Wildman–Crippen MR) is 129 cm³/mol. The highest BCUT2D eigenvalue weighted by Gasteiger charge is 2.26. The van der Waals surface area contributed by atoms with Crippen LogP contribution in [0.25, 0.3) is 0 Å². The molecule has 0 spiro atoms. The second-order valence-electron chi connectivity index (χ2n) is 7.11. The molecule has 0 radical (unpaired) electrons. The van der Waals surface area contributed by atoms with Crippen molar-refractivity contribution in [2.24, 2.45) is 0 Å². The molecule has 8 nitrogen and oxygen atoms in total. The molecule has 0 atom stereocenters. The highest BCUT2D eigenvalue weighted by molar-refractivity contribution is 7.80. The molecule has 0 saturated carbocycles. The number of aryl methyl sites for hydroxylation is 2. The number of benzene rings is 1. The summed E-state index contributed by atoms with van der Waals surface area (Å²) in [4.78, 5) is 24.7. The molecule has 168 valence electrons. The summed E-state index contributed by atoms with van der Waals surface area (Å²) in [6.45, 7) is 6.28. The van der Waals surface area contributed by atoms with Crippen molar-refractivity contribution in [3.8, 4) is 0 Å². The third kappa shape index (κ3) is 5.14. The fraction of sp³-hybridized carbons (Fsp3) is 0.273. The number of carbonyl (C=O) groups excluding carboxylic acids is 2. The molecule has 0 saturated heterocycles. The molecular weight excluding hydrogens is 448 g/mol. The first-order valence-corrected chi connectivity index (χ1v) is 10.9. The van der Waals surface area contributed by atoms with Crippen LogP contribution in [0.2, 0.25) is 0 Å². The van der Waals surface area contributed by atoms with Gasteiger partial charge in [-0.05, 0) is 62.3 Å². The van der Waals surface area contributed by atoms with Crippen LogP contribution in [0, 0.1) is 20.8 Å². The number of esters is 2. The second kappa shape index (κ2) is 9.92. The Labute approximate surface area is 195 Å². The highest BCUT2D eigenvalue weighted by atomic mass is 32.1. The first kappa shape index (κ1) is 23.4. The monoisotopic (exact) mass is 472 g/mol. The van der Waals surface area contributed by atoms with E-state index in [-0.39, 0.29) is 10.7 Å². The van der Waals surface area contributed by atoms with Gasteiger partial charge in [0.05, 0.1) is 32.0 Å². The van der Waals surface area contributed by atoms with Crippen LogP contribution in [0.1, 0.15) is 42.5 Å². The van der Waals surface area contributed by atoms with Crippen LogP contribution >= 0.6 is 23.6 Å². The fourth-order valence-electron chi connectivity index (χ4n) is 3.26. The molecule has 1 aromatic carbocycles. The maximum absolute atomic E-state index is 12.3. The lowest BCUT2D eigenvalue weighted by molar-refractivity contribution is 0.0601. The Morgan fingerprint density at radius 2 is 1.81 bits per heavy atom. The molecule has 0 aliphatic carbocycles. The maximum atomic E-state index is 12.3. The number of thiophene rings is 1. The van der Waals surface area contributed by atoms with Gasteiger partial charge in [0.2, 0.25) is 0 Å². The molecule has 10 heteroatoms. The predicted octanol–water partition coefficient (Wildman–Crippen LogP) is 4.30. The Hall–Kier alpha value is -3.24. The molecule has 0 amide bonds. The van der Waals surface area contributed by atoms with Crippen LogP contribution in [0.3, 0.4) is 0 Å². The van der Waals surface area contributed by atoms with Gasteiger partial charge in [-0.2, -0.15) is 5.10 Å². The van der Waals surface area contributed by atoms with Gasteiger partial charge in [-0.3, -0.25) is 4.68 Å². The molecule has 2 aromatic heterocycles. The average Bonchev–Trinajstić information content (AvgIpc) is 3.24. The zero-order chi connectivity index (χ0) is 23.4. The number of ether oxygens (including phenoxy) is 2. The molecule has 2 heterocycles. The molecule has 32 heavy (non-hydrogen) atoms. The molecule has 0 bridgehead atoms. The molecule has 0 aliphatic heterocycles. The van der Waals surface area contributed by atoms with Crippen molar-refractivity contribution < 1.29 is 19.1 Å². The molecule has 3 rings (SSSR count). The minimum atomic E-state index is -0.564. The Morgan fingerprint density at radius 1 is 1.09 bits per heavy atom. The molecule has 3 aromatic rings. The molecule has 2 N–H and O–H groups in total. The van der Waals surface area contributed by atoms with Gasteiger partial charge < -0.3 is 20.1 Å². The Morgan fingerprint density at radius 3 is 2.44 bits per heavy atom. The van der Waals surface area contributed by atoms with E-state index >= 15 is 0 Å². The van der Waals surface area contributed by atoms with Gasteiger partial charge in [0.15, 0.2) is 5.11 Å². The van der Waals surface area contributed by atoms with Gasteiger partial charge in [0.1, 0.15) is 9.88 Å². The summed E-state index contributed by atoms with van der Waals surface area (Å²) < 4.78 is 11.6. The number of nitrogens with zero attached hydrogens (tertiary/aromatic N) is 2. The zero-order valence-corrected chi connectivity index (χ0v) is 20.1. The maximum Gasteiger partial charge on any atom is 0.348 e. The number of anilines is 2. The van der Waals surface area contributed by atoms with Crippen molar-refractivity contribution in [1.82, 2.24) is 9.78 Å². The van der Waals surface area contributed by atoms with Gasteiger partial charge in [-0.1, -0.05) is 12.1 Å². The number of aromatic nitrogens is 2. The average molecular weight is 473 g/mol. The van der Waals surface area contributed by atoms with Crippen LogP contribution in [-0.4, -0.2) is 41.1 Å². The SMILES string of the molecule is COC(=O)c1sc(NC(=S)Nc2cccc(Cn3nc(C)cc3C)c2)c(C(=O)OC)c1C. The molecule has 0 fully saturated rings. The zero-order valence-electron chi connectivity index (χ0n) is 18.4. The summed E-state index contributed by atoms with van der Waals surface area (Å²) in [6.07, 6.45) is 0. The lowest BCUT2D eigenvalue weighted by Crippen LogP contribution is -2.20. The van der Waals surface area contributed by atoms with Crippen molar-refractivity contribution in [1.29, 1.82) is 0 Å². The molecule has 0 unspecified atom stereocenters. The van der Waals surface area contributed by atoms with Crippen molar-refractivity contribution >= 4 is 51.3 Å². The van der Waals surface area contributed by atoms with E-state index in [4.69, 9.17) is 21.7 Å². The summed E-state index contributed by atoms with van der Waals surface area (Å²) in [5, 5.41) is 11.3.